The average Bonchev–Trinajstić information content (AvgIpc) is 2.29. The molecule has 0 saturated heterocycles. The van der Waals surface area contributed by atoms with E-state index in [1.807, 2.05) is 0 Å². The largest absolute Gasteiger partial charge is 0.508 e. The van der Waals surface area contributed by atoms with Crippen molar-refractivity contribution in [3.63, 3.8) is 0 Å². The van der Waals surface area contributed by atoms with Crippen LogP contribution in [-0.4, -0.2) is 36.4 Å². The van der Waals surface area contributed by atoms with Gasteiger partial charge in [0.2, 0.25) is 10.0 Å². The third-order valence-corrected chi connectivity index (χ3v) is 3.60. The molecular weight excluding hydrogens is 270 g/mol. The van der Waals surface area contributed by atoms with Crippen molar-refractivity contribution >= 4 is 16.0 Å². The fourth-order valence-electron chi connectivity index (χ4n) is 1.82. The number of rotatable bonds is 6. The molecule has 1 rings (SSSR count). The highest BCUT2D eigenvalue weighted by Gasteiger charge is 2.39. The van der Waals surface area contributed by atoms with Gasteiger partial charge in [-0.15, -0.1) is 0 Å². The predicted molar refractivity (Wildman–Crippen MR) is 70.4 cm³/mol. The number of carbonyl (C=O) groups is 1. The Hall–Kier alpha value is -1.60. The van der Waals surface area contributed by atoms with Crippen LogP contribution in [0.15, 0.2) is 24.3 Å². The minimum absolute atomic E-state index is 0.00613. The SMILES string of the molecule is CC[C@@](Cc1ccc(O)cc1)(NS(C)(=O)=O)C(=O)O. The number of nitrogens with one attached hydrogen (secondary N) is 1. The Morgan fingerprint density at radius 1 is 1.32 bits per heavy atom. The Bertz CT molecular complexity index is 552. The third-order valence-electron chi connectivity index (χ3n) is 2.84. The molecule has 0 amide bonds. The topological polar surface area (TPSA) is 104 Å². The monoisotopic (exact) mass is 287 g/mol. The molecule has 3 N–H and O–H groups in total. The lowest BCUT2D eigenvalue weighted by Crippen LogP contribution is -2.55. The highest BCUT2D eigenvalue weighted by Crippen LogP contribution is 2.21. The van der Waals surface area contributed by atoms with Gasteiger partial charge in [-0.3, -0.25) is 4.79 Å². The van der Waals surface area contributed by atoms with Crippen molar-refractivity contribution in [2.75, 3.05) is 6.26 Å². The molecule has 0 aromatic heterocycles. The van der Waals surface area contributed by atoms with Crippen molar-refractivity contribution in [2.24, 2.45) is 0 Å². The Balaban J connectivity index is 3.10. The van der Waals surface area contributed by atoms with Gasteiger partial charge in [0.1, 0.15) is 11.3 Å². The maximum atomic E-state index is 11.4. The van der Waals surface area contributed by atoms with E-state index in [4.69, 9.17) is 0 Å². The van der Waals surface area contributed by atoms with Crippen molar-refractivity contribution < 1.29 is 23.4 Å². The molecule has 0 radical (unpaired) electrons. The van der Waals surface area contributed by atoms with Gasteiger partial charge in [-0.2, -0.15) is 4.72 Å². The number of aliphatic carboxylic acids is 1. The number of sulfonamides is 1. The van der Waals surface area contributed by atoms with Crippen LogP contribution in [0.25, 0.3) is 0 Å². The molecule has 106 valence electrons. The highest BCUT2D eigenvalue weighted by atomic mass is 32.2. The maximum absolute atomic E-state index is 11.4. The van der Waals surface area contributed by atoms with Crippen LogP contribution in [0.4, 0.5) is 0 Å². The fourth-order valence-corrected chi connectivity index (χ4v) is 2.83. The zero-order valence-electron chi connectivity index (χ0n) is 10.8. The number of hydrogen-bond acceptors (Lipinski definition) is 4. The van der Waals surface area contributed by atoms with E-state index in [0.29, 0.717) is 5.56 Å². The Morgan fingerprint density at radius 3 is 2.21 bits per heavy atom. The summed E-state index contributed by atoms with van der Waals surface area (Å²) < 4.78 is 24.9. The number of phenolic OH excluding ortho intramolecular Hbond substituents is 1. The molecule has 0 bridgehead atoms. The van der Waals surface area contributed by atoms with Gasteiger partial charge in [-0.25, -0.2) is 8.42 Å². The standard InChI is InChI=1S/C12H17NO5S/c1-3-12(11(15)16,13-19(2,17)18)8-9-4-6-10(14)7-5-9/h4-7,13-14H,3,8H2,1-2H3,(H,15,16)/t12-/m0/s1. The van der Waals surface area contributed by atoms with Crippen molar-refractivity contribution in [3.05, 3.63) is 29.8 Å². The summed E-state index contributed by atoms with van der Waals surface area (Å²) in [6, 6.07) is 5.98. The lowest BCUT2D eigenvalue weighted by Gasteiger charge is -2.28. The van der Waals surface area contributed by atoms with E-state index in [1.54, 1.807) is 19.1 Å². The number of aromatic hydroxyl groups is 1. The van der Waals surface area contributed by atoms with Crippen LogP contribution in [-0.2, 0) is 21.2 Å². The van der Waals surface area contributed by atoms with Gasteiger partial charge in [0.25, 0.3) is 0 Å². The van der Waals surface area contributed by atoms with Gasteiger partial charge in [-0.05, 0) is 24.1 Å². The summed E-state index contributed by atoms with van der Waals surface area (Å²) in [5.74, 6) is -1.16. The van der Waals surface area contributed by atoms with Crippen molar-refractivity contribution in [1.29, 1.82) is 0 Å². The summed E-state index contributed by atoms with van der Waals surface area (Å²) in [6.07, 6.45) is 1.04. The summed E-state index contributed by atoms with van der Waals surface area (Å²) >= 11 is 0. The van der Waals surface area contributed by atoms with Crippen LogP contribution in [0, 0.1) is 0 Å². The molecular formula is C12H17NO5S. The summed E-state index contributed by atoms with van der Waals surface area (Å²) in [7, 11) is -3.65. The number of phenols is 1. The quantitative estimate of drug-likeness (QED) is 0.715. The first-order valence-electron chi connectivity index (χ1n) is 5.69. The van der Waals surface area contributed by atoms with E-state index < -0.39 is 21.5 Å². The van der Waals surface area contributed by atoms with Crippen LogP contribution in [0.1, 0.15) is 18.9 Å². The molecule has 1 atom stereocenters. The van der Waals surface area contributed by atoms with Crippen LogP contribution in [0.3, 0.4) is 0 Å². The second kappa shape index (κ2) is 5.58. The molecule has 0 saturated carbocycles. The van der Waals surface area contributed by atoms with E-state index >= 15 is 0 Å². The van der Waals surface area contributed by atoms with Gasteiger partial charge < -0.3 is 10.2 Å². The normalized spacial score (nSPS) is 14.8. The average molecular weight is 287 g/mol. The van der Waals surface area contributed by atoms with Crippen LogP contribution >= 0.6 is 0 Å². The Morgan fingerprint density at radius 2 is 1.84 bits per heavy atom. The van der Waals surface area contributed by atoms with Gasteiger partial charge in [0.15, 0.2) is 0 Å². The van der Waals surface area contributed by atoms with Crippen LogP contribution in [0.5, 0.6) is 5.75 Å². The summed E-state index contributed by atoms with van der Waals surface area (Å²) in [6.45, 7) is 1.60. The molecule has 1 aromatic rings. The van der Waals surface area contributed by atoms with Gasteiger partial charge in [0, 0.05) is 6.42 Å². The molecule has 0 aliphatic heterocycles. The summed E-state index contributed by atoms with van der Waals surface area (Å²) in [4.78, 5) is 11.4. The molecule has 0 aliphatic carbocycles. The van der Waals surface area contributed by atoms with Crippen molar-refractivity contribution in [3.8, 4) is 5.75 Å². The van der Waals surface area contributed by atoms with E-state index in [2.05, 4.69) is 4.72 Å². The van der Waals surface area contributed by atoms with Crippen LogP contribution in [0.2, 0.25) is 0 Å². The fraction of sp³-hybridized carbons (Fsp3) is 0.417. The number of carboxylic acids is 1. The van der Waals surface area contributed by atoms with E-state index in [1.165, 1.54) is 12.1 Å². The molecule has 6 nitrogen and oxygen atoms in total. The molecule has 1 aromatic carbocycles. The smallest absolute Gasteiger partial charge is 0.325 e. The zero-order valence-corrected chi connectivity index (χ0v) is 11.6. The molecule has 0 fully saturated rings. The van der Waals surface area contributed by atoms with Crippen molar-refractivity contribution in [2.45, 2.75) is 25.3 Å². The van der Waals surface area contributed by atoms with Crippen molar-refractivity contribution in [1.82, 2.24) is 4.72 Å². The van der Waals surface area contributed by atoms with Crippen LogP contribution < -0.4 is 4.72 Å². The number of benzene rings is 1. The number of carboxylic acid groups (broad SMARTS) is 1. The molecule has 19 heavy (non-hydrogen) atoms. The van der Waals surface area contributed by atoms with E-state index in [0.717, 1.165) is 6.26 Å². The van der Waals surface area contributed by atoms with E-state index in [-0.39, 0.29) is 18.6 Å². The van der Waals surface area contributed by atoms with E-state index in [9.17, 15) is 23.4 Å². The molecule has 7 heteroatoms. The number of hydrogen-bond donors (Lipinski definition) is 3. The second-order valence-electron chi connectivity index (χ2n) is 4.46. The van der Waals surface area contributed by atoms with Gasteiger partial charge in [0.05, 0.1) is 6.26 Å². The Kier molecular flexibility index (Phi) is 4.54. The minimum Gasteiger partial charge on any atom is -0.508 e. The zero-order chi connectivity index (χ0) is 14.7. The maximum Gasteiger partial charge on any atom is 0.325 e. The minimum atomic E-state index is -3.65. The summed E-state index contributed by atoms with van der Waals surface area (Å²) in [5.41, 5.74) is -0.955. The van der Waals surface area contributed by atoms with Gasteiger partial charge in [-0.1, -0.05) is 19.1 Å². The molecule has 0 unspecified atom stereocenters. The van der Waals surface area contributed by atoms with Gasteiger partial charge >= 0.3 is 5.97 Å². The molecule has 0 spiro atoms. The lowest BCUT2D eigenvalue weighted by atomic mass is 9.89. The highest BCUT2D eigenvalue weighted by molar-refractivity contribution is 7.88. The predicted octanol–water partition coefficient (Wildman–Crippen LogP) is 0.717. The Labute approximate surface area is 112 Å². The lowest BCUT2D eigenvalue weighted by molar-refractivity contribution is -0.144. The second-order valence-corrected chi connectivity index (χ2v) is 6.21. The third kappa shape index (κ3) is 4.22. The first kappa shape index (κ1) is 15.5. The molecule has 0 heterocycles. The molecule has 0 aliphatic rings. The first-order valence-corrected chi connectivity index (χ1v) is 7.58. The first-order chi connectivity index (χ1) is 8.68. The summed E-state index contributed by atoms with van der Waals surface area (Å²) in [5, 5.41) is 18.5.